The number of carbonyl (C=O) groups excluding carboxylic acids is 1. The molecule has 0 aliphatic carbocycles. The van der Waals surface area contributed by atoms with Crippen LogP contribution in [0.2, 0.25) is 0 Å². The standard InChI is InChI=1S/C13H17NO2/c1-3-14(4-2)13(15)10-5-6-11-8-16-9-12(11)7-10/h5-7H,3-4,8-9H2,1-2H3. The number of benzene rings is 1. The number of hydrogen-bond acceptors (Lipinski definition) is 2. The SMILES string of the molecule is CCN(CC)C(=O)c1ccc2c(c1)COC2. The fourth-order valence-corrected chi connectivity index (χ4v) is 2.00. The molecule has 0 aromatic heterocycles. The number of nitrogens with zero attached hydrogens (tertiary/aromatic N) is 1. The van der Waals surface area contributed by atoms with Gasteiger partial charge in [0.15, 0.2) is 0 Å². The van der Waals surface area contributed by atoms with Gasteiger partial charge in [-0.2, -0.15) is 0 Å². The number of amides is 1. The predicted molar refractivity (Wildman–Crippen MR) is 62.2 cm³/mol. The Hall–Kier alpha value is -1.35. The van der Waals surface area contributed by atoms with Crippen LogP contribution in [0.3, 0.4) is 0 Å². The Balaban J connectivity index is 2.24. The van der Waals surface area contributed by atoms with Crippen molar-refractivity contribution in [2.75, 3.05) is 13.1 Å². The van der Waals surface area contributed by atoms with Gasteiger partial charge in [0.05, 0.1) is 13.2 Å². The van der Waals surface area contributed by atoms with Gasteiger partial charge in [0.25, 0.3) is 5.91 Å². The van der Waals surface area contributed by atoms with E-state index in [2.05, 4.69) is 0 Å². The molecule has 0 saturated heterocycles. The number of rotatable bonds is 3. The van der Waals surface area contributed by atoms with Crippen LogP contribution < -0.4 is 0 Å². The van der Waals surface area contributed by atoms with Crippen molar-refractivity contribution in [3.05, 3.63) is 34.9 Å². The van der Waals surface area contributed by atoms with Gasteiger partial charge in [-0.05, 0) is 37.1 Å². The third-order valence-corrected chi connectivity index (χ3v) is 3.02. The molecule has 0 atom stereocenters. The summed E-state index contributed by atoms with van der Waals surface area (Å²) in [5, 5.41) is 0. The zero-order valence-electron chi connectivity index (χ0n) is 9.82. The van der Waals surface area contributed by atoms with Crippen molar-refractivity contribution in [2.45, 2.75) is 27.1 Å². The first-order valence-corrected chi connectivity index (χ1v) is 5.75. The molecule has 1 heterocycles. The average Bonchev–Trinajstić information content (AvgIpc) is 2.77. The van der Waals surface area contributed by atoms with Gasteiger partial charge in [0.1, 0.15) is 0 Å². The molecule has 3 nitrogen and oxygen atoms in total. The summed E-state index contributed by atoms with van der Waals surface area (Å²) in [7, 11) is 0. The third kappa shape index (κ3) is 1.95. The molecule has 3 heteroatoms. The van der Waals surface area contributed by atoms with Crippen LogP contribution in [0.15, 0.2) is 18.2 Å². The molecule has 1 aliphatic rings. The van der Waals surface area contributed by atoms with Gasteiger partial charge >= 0.3 is 0 Å². The summed E-state index contributed by atoms with van der Waals surface area (Å²) >= 11 is 0. The van der Waals surface area contributed by atoms with Gasteiger partial charge in [-0.15, -0.1) is 0 Å². The van der Waals surface area contributed by atoms with Gasteiger partial charge in [-0.25, -0.2) is 0 Å². The smallest absolute Gasteiger partial charge is 0.253 e. The Labute approximate surface area is 96.0 Å². The summed E-state index contributed by atoms with van der Waals surface area (Å²) in [6, 6.07) is 5.86. The van der Waals surface area contributed by atoms with Gasteiger partial charge in [-0.3, -0.25) is 4.79 Å². The summed E-state index contributed by atoms with van der Waals surface area (Å²) in [6.45, 7) is 6.81. The lowest BCUT2D eigenvalue weighted by Crippen LogP contribution is -2.30. The lowest BCUT2D eigenvalue weighted by molar-refractivity contribution is 0.0773. The number of ether oxygens (including phenoxy) is 1. The Kier molecular flexibility index (Phi) is 3.25. The molecule has 1 aliphatic heterocycles. The molecule has 0 saturated carbocycles. The maximum absolute atomic E-state index is 12.1. The summed E-state index contributed by atoms with van der Waals surface area (Å²) in [5.41, 5.74) is 3.13. The predicted octanol–water partition coefficient (Wildman–Crippen LogP) is 2.20. The highest BCUT2D eigenvalue weighted by Gasteiger charge is 2.16. The van der Waals surface area contributed by atoms with Crippen LogP contribution >= 0.6 is 0 Å². The average molecular weight is 219 g/mol. The Bertz CT molecular complexity index is 397. The topological polar surface area (TPSA) is 29.5 Å². The largest absolute Gasteiger partial charge is 0.372 e. The molecule has 0 spiro atoms. The molecule has 0 fully saturated rings. The van der Waals surface area contributed by atoms with Crippen LogP contribution in [-0.2, 0) is 18.0 Å². The fraction of sp³-hybridized carbons (Fsp3) is 0.462. The van der Waals surface area contributed by atoms with Crippen molar-refractivity contribution in [3.8, 4) is 0 Å². The molecular formula is C13H17NO2. The Morgan fingerprint density at radius 3 is 2.62 bits per heavy atom. The maximum atomic E-state index is 12.1. The number of carbonyl (C=O) groups is 1. The summed E-state index contributed by atoms with van der Waals surface area (Å²) in [4.78, 5) is 13.9. The number of hydrogen-bond donors (Lipinski definition) is 0. The van der Waals surface area contributed by atoms with E-state index in [4.69, 9.17) is 4.74 Å². The minimum atomic E-state index is 0.111. The van der Waals surface area contributed by atoms with Crippen LogP contribution in [-0.4, -0.2) is 23.9 Å². The molecule has 0 unspecified atom stereocenters. The molecule has 0 radical (unpaired) electrons. The molecule has 1 amide bonds. The summed E-state index contributed by atoms with van der Waals surface area (Å²) < 4.78 is 5.34. The van der Waals surface area contributed by atoms with E-state index < -0.39 is 0 Å². The molecular weight excluding hydrogens is 202 g/mol. The number of fused-ring (bicyclic) bond motifs is 1. The minimum Gasteiger partial charge on any atom is -0.372 e. The fourth-order valence-electron chi connectivity index (χ4n) is 2.00. The quantitative estimate of drug-likeness (QED) is 0.780. The zero-order valence-corrected chi connectivity index (χ0v) is 9.82. The summed E-state index contributed by atoms with van der Waals surface area (Å²) in [6.07, 6.45) is 0. The van der Waals surface area contributed by atoms with Crippen molar-refractivity contribution in [2.24, 2.45) is 0 Å². The van der Waals surface area contributed by atoms with E-state index in [9.17, 15) is 4.79 Å². The molecule has 1 aromatic rings. The first-order chi connectivity index (χ1) is 7.76. The summed E-state index contributed by atoms with van der Waals surface area (Å²) in [5.74, 6) is 0.111. The van der Waals surface area contributed by atoms with E-state index in [0.717, 1.165) is 24.2 Å². The molecule has 1 aromatic carbocycles. The lowest BCUT2D eigenvalue weighted by Gasteiger charge is -2.18. The van der Waals surface area contributed by atoms with Gasteiger partial charge in [0, 0.05) is 18.7 Å². The zero-order chi connectivity index (χ0) is 11.5. The molecule has 0 N–H and O–H groups in total. The van der Waals surface area contributed by atoms with E-state index in [0.29, 0.717) is 13.2 Å². The Morgan fingerprint density at radius 1 is 1.25 bits per heavy atom. The van der Waals surface area contributed by atoms with Gasteiger partial charge in [-0.1, -0.05) is 6.07 Å². The lowest BCUT2D eigenvalue weighted by atomic mass is 10.1. The van der Waals surface area contributed by atoms with Crippen molar-refractivity contribution < 1.29 is 9.53 Å². The minimum absolute atomic E-state index is 0.111. The Morgan fingerprint density at radius 2 is 1.94 bits per heavy atom. The second-order valence-electron chi connectivity index (χ2n) is 3.95. The normalized spacial score (nSPS) is 13.6. The van der Waals surface area contributed by atoms with Gasteiger partial charge in [0.2, 0.25) is 0 Å². The van der Waals surface area contributed by atoms with E-state index in [1.807, 2.05) is 36.9 Å². The highest BCUT2D eigenvalue weighted by Crippen LogP contribution is 2.21. The third-order valence-electron chi connectivity index (χ3n) is 3.02. The highest BCUT2D eigenvalue weighted by molar-refractivity contribution is 5.94. The molecule has 2 rings (SSSR count). The maximum Gasteiger partial charge on any atom is 0.253 e. The van der Waals surface area contributed by atoms with E-state index in [-0.39, 0.29) is 5.91 Å². The second-order valence-corrected chi connectivity index (χ2v) is 3.95. The first-order valence-electron chi connectivity index (χ1n) is 5.75. The molecule has 0 bridgehead atoms. The van der Waals surface area contributed by atoms with E-state index in [1.165, 1.54) is 5.56 Å². The van der Waals surface area contributed by atoms with Crippen LogP contribution in [0.4, 0.5) is 0 Å². The van der Waals surface area contributed by atoms with Crippen LogP contribution in [0.25, 0.3) is 0 Å². The monoisotopic (exact) mass is 219 g/mol. The van der Waals surface area contributed by atoms with E-state index >= 15 is 0 Å². The van der Waals surface area contributed by atoms with Crippen molar-refractivity contribution in [1.29, 1.82) is 0 Å². The highest BCUT2D eigenvalue weighted by atomic mass is 16.5. The molecule has 16 heavy (non-hydrogen) atoms. The first kappa shape index (κ1) is 11.1. The van der Waals surface area contributed by atoms with Crippen molar-refractivity contribution >= 4 is 5.91 Å². The van der Waals surface area contributed by atoms with E-state index in [1.54, 1.807) is 0 Å². The second kappa shape index (κ2) is 4.66. The van der Waals surface area contributed by atoms with Crippen molar-refractivity contribution in [3.63, 3.8) is 0 Å². The van der Waals surface area contributed by atoms with Crippen molar-refractivity contribution in [1.82, 2.24) is 4.90 Å². The van der Waals surface area contributed by atoms with Crippen LogP contribution in [0, 0.1) is 0 Å². The van der Waals surface area contributed by atoms with Crippen LogP contribution in [0.1, 0.15) is 35.3 Å². The molecule has 86 valence electrons. The van der Waals surface area contributed by atoms with Crippen LogP contribution in [0.5, 0.6) is 0 Å². The van der Waals surface area contributed by atoms with Gasteiger partial charge < -0.3 is 9.64 Å².